The molecule has 1 saturated heterocycles. The highest BCUT2D eigenvalue weighted by Crippen LogP contribution is 2.36. The third kappa shape index (κ3) is 3.58. The second kappa shape index (κ2) is 6.00. The third-order valence-electron chi connectivity index (χ3n) is 3.68. The van der Waals surface area contributed by atoms with Crippen molar-refractivity contribution < 1.29 is 14.3 Å². The van der Waals surface area contributed by atoms with Crippen LogP contribution in [0.3, 0.4) is 0 Å². The van der Waals surface area contributed by atoms with E-state index in [4.69, 9.17) is 9.47 Å². The minimum Gasteiger partial charge on any atom is -0.494 e. The van der Waals surface area contributed by atoms with Gasteiger partial charge >= 0.3 is 5.97 Å². The number of hydrogen-bond acceptors (Lipinski definition) is 6. The van der Waals surface area contributed by atoms with Gasteiger partial charge in [-0.05, 0) is 17.5 Å². The Morgan fingerprint density at radius 3 is 2.78 bits per heavy atom. The number of methoxy groups -OCH3 is 1. The molecule has 1 aromatic carbocycles. The Bertz CT molecular complexity index is 714. The molecule has 0 aliphatic carbocycles. The normalized spacial score (nSPS) is 15.6. The summed E-state index contributed by atoms with van der Waals surface area (Å²) in [6, 6.07) is 5.93. The molecule has 0 amide bonds. The summed E-state index contributed by atoms with van der Waals surface area (Å²) in [6.45, 7) is 7.53. The molecule has 0 unspecified atom stereocenters. The Kier molecular flexibility index (Phi) is 4.19. The quantitative estimate of drug-likeness (QED) is 0.801. The fraction of sp³-hybridized carbons (Fsp3) is 0.529. The molecule has 0 spiro atoms. The molecule has 2 heterocycles. The van der Waals surface area contributed by atoms with Gasteiger partial charge in [-0.1, -0.05) is 38.2 Å². The average Bonchev–Trinajstić information content (AvgIpc) is 2.83. The number of rotatable bonds is 4. The number of ether oxygens (including phenoxy) is 2. The first-order valence-electron chi connectivity index (χ1n) is 7.74. The maximum absolute atomic E-state index is 11.9. The van der Waals surface area contributed by atoms with Gasteiger partial charge in [-0.3, -0.25) is 4.79 Å². The number of para-hydroxylation sites is 1. The maximum Gasteiger partial charge on any atom is 0.306 e. The van der Waals surface area contributed by atoms with Gasteiger partial charge in [-0.15, -0.1) is 0 Å². The number of esters is 1. The van der Waals surface area contributed by atoms with E-state index in [-0.39, 0.29) is 17.5 Å². The van der Waals surface area contributed by atoms with E-state index in [1.54, 1.807) is 18.4 Å². The van der Waals surface area contributed by atoms with Gasteiger partial charge in [-0.25, -0.2) is 4.98 Å². The molecule has 3 rings (SSSR count). The van der Waals surface area contributed by atoms with Gasteiger partial charge in [0.1, 0.15) is 17.4 Å². The van der Waals surface area contributed by atoms with Gasteiger partial charge in [0.05, 0.1) is 31.3 Å². The van der Waals surface area contributed by atoms with E-state index in [0.29, 0.717) is 19.5 Å². The lowest BCUT2D eigenvalue weighted by atomic mass is 9.92. The molecular formula is C17H22N2O3S. The molecule has 6 heteroatoms. The standard InChI is InChI=1S/C17H22N2O3S/c1-17(2,3)8-14(20)22-11-9-19(10-11)16-18-15-12(21-4)6-5-7-13(15)23-16/h5-7,11H,8-10H2,1-4H3. The van der Waals surface area contributed by atoms with Crippen LogP contribution in [0.25, 0.3) is 10.2 Å². The van der Waals surface area contributed by atoms with Crippen LogP contribution in [0.1, 0.15) is 27.2 Å². The van der Waals surface area contributed by atoms with Crippen molar-refractivity contribution in [2.45, 2.75) is 33.3 Å². The Labute approximate surface area is 140 Å². The summed E-state index contributed by atoms with van der Waals surface area (Å²) in [5.74, 6) is 0.673. The monoisotopic (exact) mass is 334 g/mol. The molecule has 23 heavy (non-hydrogen) atoms. The van der Waals surface area contributed by atoms with Gasteiger partial charge < -0.3 is 14.4 Å². The van der Waals surface area contributed by atoms with Crippen LogP contribution in [0.4, 0.5) is 5.13 Å². The van der Waals surface area contributed by atoms with Gasteiger partial charge in [0.2, 0.25) is 0 Å². The lowest BCUT2D eigenvalue weighted by Gasteiger charge is -2.38. The molecule has 0 atom stereocenters. The molecule has 1 aromatic heterocycles. The van der Waals surface area contributed by atoms with Crippen molar-refractivity contribution in [3.8, 4) is 5.75 Å². The van der Waals surface area contributed by atoms with Gasteiger partial charge in [0, 0.05) is 0 Å². The highest BCUT2D eigenvalue weighted by molar-refractivity contribution is 7.22. The highest BCUT2D eigenvalue weighted by atomic mass is 32.1. The molecule has 2 aromatic rings. The Balaban J connectivity index is 1.60. The molecule has 1 fully saturated rings. The highest BCUT2D eigenvalue weighted by Gasteiger charge is 2.33. The van der Waals surface area contributed by atoms with E-state index in [1.165, 1.54) is 0 Å². The lowest BCUT2D eigenvalue weighted by Crippen LogP contribution is -2.53. The summed E-state index contributed by atoms with van der Waals surface area (Å²) in [5.41, 5.74) is 0.854. The van der Waals surface area contributed by atoms with Crippen LogP contribution >= 0.6 is 11.3 Å². The fourth-order valence-electron chi connectivity index (χ4n) is 2.54. The van der Waals surface area contributed by atoms with Crippen LogP contribution in [-0.2, 0) is 9.53 Å². The number of benzene rings is 1. The van der Waals surface area contributed by atoms with Crippen molar-refractivity contribution in [2.24, 2.45) is 5.41 Å². The molecule has 0 bridgehead atoms. The number of carbonyl (C=O) groups excluding carboxylic acids is 1. The topological polar surface area (TPSA) is 51.7 Å². The summed E-state index contributed by atoms with van der Waals surface area (Å²) in [6.07, 6.45) is 0.417. The maximum atomic E-state index is 11.9. The molecule has 0 radical (unpaired) electrons. The van der Waals surface area contributed by atoms with Crippen molar-refractivity contribution in [1.82, 2.24) is 4.98 Å². The zero-order chi connectivity index (χ0) is 16.6. The van der Waals surface area contributed by atoms with Crippen LogP contribution in [-0.4, -0.2) is 37.3 Å². The molecule has 1 aliphatic heterocycles. The molecule has 5 nitrogen and oxygen atoms in total. The summed E-state index contributed by atoms with van der Waals surface area (Å²) in [7, 11) is 1.65. The van der Waals surface area contributed by atoms with Gasteiger partial charge in [0.25, 0.3) is 0 Å². The van der Waals surface area contributed by atoms with Crippen molar-refractivity contribution in [3.05, 3.63) is 18.2 Å². The first kappa shape index (κ1) is 16.1. The second-order valence-electron chi connectivity index (χ2n) is 7.06. The van der Waals surface area contributed by atoms with E-state index in [1.807, 2.05) is 39.0 Å². The van der Waals surface area contributed by atoms with E-state index in [9.17, 15) is 4.79 Å². The predicted molar refractivity (Wildman–Crippen MR) is 92.3 cm³/mol. The molecule has 1 aliphatic rings. The Hall–Kier alpha value is -1.82. The zero-order valence-electron chi connectivity index (χ0n) is 14.0. The van der Waals surface area contributed by atoms with Crippen molar-refractivity contribution in [1.29, 1.82) is 0 Å². The van der Waals surface area contributed by atoms with Crippen LogP contribution in [0.15, 0.2) is 18.2 Å². The molecule has 0 N–H and O–H groups in total. The number of anilines is 1. The predicted octanol–water partition coefficient (Wildman–Crippen LogP) is 3.47. The smallest absolute Gasteiger partial charge is 0.306 e. The van der Waals surface area contributed by atoms with Crippen molar-refractivity contribution in [2.75, 3.05) is 25.1 Å². The summed E-state index contributed by atoms with van der Waals surface area (Å²) < 4.78 is 12.0. The number of aromatic nitrogens is 1. The summed E-state index contributed by atoms with van der Waals surface area (Å²) in [4.78, 5) is 18.7. The van der Waals surface area contributed by atoms with E-state index in [2.05, 4.69) is 9.88 Å². The number of hydrogen-bond donors (Lipinski definition) is 0. The molecule has 124 valence electrons. The Morgan fingerprint density at radius 1 is 1.39 bits per heavy atom. The van der Waals surface area contributed by atoms with Crippen LogP contribution in [0.2, 0.25) is 0 Å². The lowest BCUT2D eigenvalue weighted by molar-refractivity contribution is -0.152. The fourth-order valence-corrected chi connectivity index (χ4v) is 3.54. The minimum atomic E-state index is -0.117. The van der Waals surface area contributed by atoms with E-state index < -0.39 is 0 Å². The zero-order valence-corrected chi connectivity index (χ0v) is 14.8. The van der Waals surface area contributed by atoms with Crippen molar-refractivity contribution in [3.63, 3.8) is 0 Å². The van der Waals surface area contributed by atoms with Crippen molar-refractivity contribution >= 4 is 32.7 Å². The summed E-state index contributed by atoms with van der Waals surface area (Å²) in [5, 5.41) is 0.952. The second-order valence-corrected chi connectivity index (χ2v) is 8.07. The minimum absolute atomic E-state index is 0.0289. The first-order chi connectivity index (χ1) is 10.9. The number of fused-ring (bicyclic) bond motifs is 1. The average molecular weight is 334 g/mol. The van der Waals surface area contributed by atoms with Crippen LogP contribution < -0.4 is 9.64 Å². The summed E-state index contributed by atoms with van der Waals surface area (Å²) >= 11 is 1.64. The number of nitrogens with zero attached hydrogens (tertiary/aromatic N) is 2. The number of carbonyl (C=O) groups is 1. The molecular weight excluding hydrogens is 312 g/mol. The number of thiazole rings is 1. The van der Waals surface area contributed by atoms with Gasteiger partial charge in [-0.2, -0.15) is 0 Å². The van der Waals surface area contributed by atoms with E-state index in [0.717, 1.165) is 21.1 Å². The van der Waals surface area contributed by atoms with Crippen LogP contribution in [0.5, 0.6) is 5.75 Å². The first-order valence-corrected chi connectivity index (χ1v) is 8.55. The third-order valence-corrected chi connectivity index (χ3v) is 4.76. The SMILES string of the molecule is COc1cccc2sc(N3CC(OC(=O)CC(C)(C)C)C3)nc12. The van der Waals surface area contributed by atoms with E-state index >= 15 is 0 Å². The Morgan fingerprint density at radius 2 is 2.13 bits per heavy atom. The molecule has 0 saturated carbocycles. The van der Waals surface area contributed by atoms with Crippen LogP contribution in [0, 0.1) is 5.41 Å². The van der Waals surface area contributed by atoms with Gasteiger partial charge in [0.15, 0.2) is 5.13 Å². The largest absolute Gasteiger partial charge is 0.494 e.